The minimum Gasteiger partial charge on any atom is -0.482 e. The Bertz CT molecular complexity index is 546. The summed E-state index contributed by atoms with van der Waals surface area (Å²) in [6.45, 7) is 4.58. The number of nitrogens with two attached hydrogens (primary N) is 1. The molecule has 1 aliphatic heterocycles. The average molecular weight is 259 g/mol. The number of hydrogen-bond acceptors (Lipinski definition) is 4. The Morgan fingerprint density at radius 2 is 2.26 bits per heavy atom. The average Bonchev–Trinajstić information content (AvgIpc) is 2.41. The first kappa shape index (κ1) is 13.4. The maximum atomic E-state index is 11.8. The second-order valence-electron chi connectivity index (χ2n) is 5.20. The van der Waals surface area contributed by atoms with Crippen molar-refractivity contribution in [3.63, 3.8) is 0 Å². The van der Waals surface area contributed by atoms with Crippen molar-refractivity contribution in [2.75, 3.05) is 24.6 Å². The minimum absolute atomic E-state index is 0.0195. The highest BCUT2D eigenvalue weighted by Gasteiger charge is 2.28. The maximum absolute atomic E-state index is 11.8. The Morgan fingerprint density at radius 1 is 1.53 bits per heavy atom. The van der Waals surface area contributed by atoms with E-state index in [0.717, 1.165) is 5.56 Å². The summed E-state index contributed by atoms with van der Waals surface area (Å²) in [6, 6.07) is 7.67. The largest absolute Gasteiger partial charge is 0.482 e. The molecule has 0 bridgehead atoms. The lowest BCUT2D eigenvalue weighted by molar-refractivity contribution is -0.121. The van der Waals surface area contributed by atoms with Gasteiger partial charge in [-0.25, -0.2) is 0 Å². The van der Waals surface area contributed by atoms with Gasteiger partial charge in [0.1, 0.15) is 12.3 Å². The lowest BCUT2D eigenvalue weighted by Crippen LogP contribution is -2.39. The van der Waals surface area contributed by atoms with Gasteiger partial charge in [0.2, 0.25) is 0 Å². The molecule has 1 heterocycles. The number of carbonyl (C=O) groups is 1. The topological polar surface area (TPSA) is 79.4 Å². The van der Waals surface area contributed by atoms with Crippen LogP contribution in [-0.2, 0) is 10.2 Å². The smallest absolute Gasteiger partial charge is 0.265 e. The Kier molecular flexibility index (Phi) is 3.45. The molecule has 5 nitrogen and oxygen atoms in total. The highest BCUT2D eigenvalue weighted by atomic mass is 16.5. The summed E-state index contributed by atoms with van der Waals surface area (Å²) in [5, 5.41) is 8.83. The van der Waals surface area contributed by atoms with Crippen molar-refractivity contribution < 1.29 is 9.53 Å². The maximum Gasteiger partial charge on any atom is 0.265 e. The SMILES string of the molecule is CC(C)(CN)c1ccc2c(c1)N(CC#N)C(=O)CO2. The van der Waals surface area contributed by atoms with Gasteiger partial charge in [-0.1, -0.05) is 19.9 Å². The van der Waals surface area contributed by atoms with Gasteiger partial charge in [-0.15, -0.1) is 0 Å². The molecule has 0 saturated heterocycles. The summed E-state index contributed by atoms with van der Waals surface area (Å²) in [5.74, 6) is 0.433. The second kappa shape index (κ2) is 4.90. The van der Waals surface area contributed by atoms with E-state index in [1.54, 1.807) is 0 Å². The fraction of sp³-hybridized carbons (Fsp3) is 0.429. The highest BCUT2D eigenvalue weighted by Crippen LogP contribution is 2.36. The molecule has 0 aromatic heterocycles. The van der Waals surface area contributed by atoms with Crippen molar-refractivity contribution in [3.8, 4) is 11.8 Å². The number of amides is 1. The number of ether oxygens (including phenoxy) is 1. The zero-order chi connectivity index (χ0) is 14.0. The summed E-state index contributed by atoms with van der Waals surface area (Å²) < 4.78 is 5.38. The first-order chi connectivity index (χ1) is 8.99. The molecule has 2 rings (SSSR count). The molecular weight excluding hydrogens is 242 g/mol. The monoisotopic (exact) mass is 259 g/mol. The van der Waals surface area contributed by atoms with E-state index < -0.39 is 0 Å². The third-order valence-electron chi connectivity index (χ3n) is 3.42. The number of fused-ring (bicyclic) bond motifs is 1. The van der Waals surface area contributed by atoms with Crippen LogP contribution in [0.3, 0.4) is 0 Å². The summed E-state index contributed by atoms with van der Waals surface area (Å²) in [6.07, 6.45) is 0. The zero-order valence-corrected chi connectivity index (χ0v) is 11.1. The van der Waals surface area contributed by atoms with Crippen molar-refractivity contribution in [2.45, 2.75) is 19.3 Å². The molecular formula is C14H17N3O2. The molecule has 0 unspecified atom stereocenters. The Hall–Kier alpha value is -2.06. The third-order valence-corrected chi connectivity index (χ3v) is 3.42. The molecule has 0 fully saturated rings. The quantitative estimate of drug-likeness (QED) is 0.826. The van der Waals surface area contributed by atoms with Gasteiger partial charge in [0.05, 0.1) is 11.8 Å². The van der Waals surface area contributed by atoms with E-state index in [-0.39, 0.29) is 24.5 Å². The minimum atomic E-state index is -0.197. The van der Waals surface area contributed by atoms with Gasteiger partial charge in [0.15, 0.2) is 6.61 Å². The number of anilines is 1. The van der Waals surface area contributed by atoms with Crippen LogP contribution in [0.1, 0.15) is 19.4 Å². The van der Waals surface area contributed by atoms with Gasteiger partial charge in [0.25, 0.3) is 5.91 Å². The fourth-order valence-corrected chi connectivity index (χ4v) is 1.98. The summed E-state index contributed by atoms with van der Waals surface area (Å²) in [7, 11) is 0. The lowest BCUT2D eigenvalue weighted by Gasteiger charge is -2.30. The van der Waals surface area contributed by atoms with E-state index >= 15 is 0 Å². The number of nitrogens with zero attached hydrogens (tertiary/aromatic N) is 2. The normalized spacial score (nSPS) is 14.6. The van der Waals surface area contributed by atoms with E-state index in [4.69, 9.17) is 15.7 Å². The van der Waals surface area contributed by atoms with Crippen LogP contribution in [0.5, 0.6) is 5.75 Å². The Balaban J connectivity index is 2.48. The first-order valence-electron chi connectivity index (χ1n) is 6.14. The van der Waals surface area contributed by atoms with Crippen LogP contribution in [-0.4, -0.2) is 25.6 Å². The van der Waals surface area contributed by atoms with E-state index in [1.165, 1.54) is 4.90 Å². The van der Waals surface area contributed by atoms with Gasteiger partial charge in [-0.3, -0.25) is 9.69 Å². The summed E-state index contributed by atoms with van der Waals surface area (Å²) in [5.41, 5.74) is 7.26. The van der Waals surface area contributed by atoms with Crippen LogP contribution < -0.4 is 15.4 Å². The van der Waals surface area contributed by atoms with E-state index in [1.807, 2.05) is 38.1 Å². The third kappa shape index (κ3) is 2.40. The molecule has 0 atom stereocenters. The van der Waals surface area contributed by atoms with Crippen LogP contribution in [0.15, 0.2) is 18.2 Å². The predicted octanol–water partition coefficient (Wildman–Crippen LogP) is 1.17. The van der Waals surface area contributed by atoms with Crippen LogP contribution in [0.4, 0.5) is 5.69 Å². The van der Waals surface area contributed by atoms with Crippen LogP contribution in [0.2, 0.25) is 0 Å². The van der Waals surface area contributed by atoms with E-state index in [0.29, 0.717) is 18.0 Å². The fourth-order valence-electron chi connectivity index (χ4n) is 1.98. The molecule has 100 valence electrons. The van der Waals surface area contributed by atoms with Crippen LogP contribution >= 0.6 is 0 Å². The molecule has 0 spiro atoms. The van der Waals surface area contributed by atoms with Gasteiger partial charge in [0, 0.05) is 12.0 Å². The molecule has 2 N–H and O–H groups in total. The van der Waals surface area contributed by atoms with Gasteiger partial charge < -0.3 is 10.5 Å². The van der Waals surface area contributed by atoms with Crippen molar-refractivity contribution in [1.29, 1.82) is 5.26 Å². The molecule has 19 heavy (non-hydrogen) atoms. The zero-order valence-electron chi connectivity index (χ0n) is 11.1. The Morgan fingerprint density at radius 3 is 2.89 bits per heavy atom. The van der Waals surface area contributed by atoms with Crippen molar-refractivity contribution in [3.05, 3.63) is 23.8 Å². The molecule has 1 aromatic rings. The van der Waals surface area contributed by atoms with Crippen LogP contribution in [0, 0.1) is 11.3 Å². The lowest BCUT2D eigenvalue weighted by atomic mass is 9.84. The van der Waals surface area contributed by atoms with Gasteiger partial charge >= 0.3 is 0 Å². The molecule has 1 amide bonds. The van der Waals surface area contributed by atoms with Gasteiger partial charge in [-0.2, -0.15) is 5.26 Å². The molecule has 0 saturated carbocycles. The molecule has 0 radical (unpaired) electrons. The standard InChI is InChI=1S/C14H17N3O2/c1-14(2,9-16)10-3-4-12-11(7-10)17(6-5-15)13(18)8-19-12/h3-4,7H,6,8-9,16H2,1-2H3. The van der Waals surface area contributed by atoms with Crippen molar-refractivity contribution >= 4 is 11.6 Å². The molecule has 5 heteroatoms. The second-order valence-corrected chi connectivity index (χ2v) is 5.20. The first-order valence-corrected chi connectivity index (χ1v) is 6.14. The number of rotatable bonds is 3. The highest BCUT2D eigenvalue weighted by molar-refractivity contribution is 5.98. The molecule has 1 aliphatic rings. The Labute approximate surface area is 112 Å². The van der Waals surface area contributed by atoms with Gasteiger partial charge in [-0.05, 0) is 17.7 Å². The van der Waals surface area contributed by atoms with Crippen LogP contribution in [0.25, 0.3) is 0 Å². The number of hydrogen-bond donors (Lipinski definition) is 1. The number of nitriles is 1. The summed E-state index contributed by atoms with van der Waals surface area (Å²) in [4.78, 5) is 13.3. The van der Waals surface area contributed by atoms with Crippen molar-refractivity contribution in [1.82, 2.24) is 0 Å². The number of carbonyl (C=O) groups excluding carboxylic acids is 1. The van der Waals surface area contributed by atoms with E-state index in [9.17, 15) is 4.79 Å². The molecule has 1 aromatic carbocycles. The van der Waals surface area contributed by atoms with E-state index in [2.05, 4.69) is 0 Å². The molecule has 0 aliphatic carbocycles. The number of benzene rings is 1. The van der Waals surface area contributed by atoms with Crippen molar-refractivity contribution in [2.24, 2.45) is 5.73 Å². The summed E-state index contributed by atoms with van der Waals surface area (Å²) >= 11 is 0. The predicted molar refractivity (Wildman–Crippen MR) is 72.0 cm³/mol.